The van der Waals surface area contributed by atoms with Gasteiger partial charge in [-0.2, -0.15) is 0 Å². The number of aromatic hydroxyl groups is 1. The minimum absolute atomic E-state index is 0.0326. The highest BCUT2D eigenvalue weighted by Gasteiger charge is 2.40. The lowest BCUT2D eigenvalue weighted by molar-refractivity contribution is -0.307. The number of barbiturate groups is 1. The number of nitrogens with zero attached hydrogens (tertiary/aromatic N) is 2. The van der Waals surface area contributed by atoms with Crippen molar-refractivity contribution in [3.63, 3.8) is 0 Å². The molecule has 0 saturated carbocycles. The van der Waals surface area contributed by atoms with E-state index in [1.165, 1.54) is 24.3 Å². The largest absolute Gasteiger partial charge is 0.548 e. The molecule has 1 saturated heterocycles. The van der Waals surface area contributed by atoms with Crippen LogP contribution in [0.1, 0.15) is 19.4 Å². The van der Waals surface area contributed by atoms with Gasteiger partial charge in [-0.05, 0) is 31.5 Å². The maximum Gasteiger partial charge on any atom is 0.331 e. The Morgan fingerprint density at radius 3 is 2.46 bits per heavy atom. The molecular weight excluding hydrogens is 342 g/mol. The second kappa shape index (κ2) is 7.77. The number of rotatable bonds is 6. The lowest BCUT2D eigenvalue weighted by Crippen LogP contribution is -2.60. The van der Waals surface area contributed by atoms with Crippen LogP contribution in [0.5, 0.6) is 5.75 Å². The number of phenols is 1. The first-order valence-electron chi connectivity index (χ1n) is 7.90. The molecule has 1 fully saturated rings. The summed E-state index contributed by atoms with van der Waals surface area (Å²) >= 11 is 0. The normalized spacial score (nSPS) is 19.1. The zero-order valence-corrected chi connectivity index (χ0v) is 14.2. The number of hydrogen-bond acceptors (Lipinski definition) is 7. The van der Waals surface area contributed by atoms with Gasteiger partial charge >= 0.3 is 6.03 Å². The van der Waals surface area contributed by atoms with Crippen LogP contribution in [0.2, 0.25) is 0 Å². The third kappa shape index (κ3) is 4.24. The van der Waals surface area contributed by atoms with Crippen molar-refractivity contribution in [2.75, 3.05) is 0 Å². The van der Waals surface area contributed by atoms with E-state index in [4.69, 9.17) is 0 Å². The number of urea groups is 1. The number of carbonyl (C=O) groups excluding carboxylic acids is 4. The van der Waals surface area contributed by atoms with Gasteiger partial charge in [0, 0.05) is 18.7 Å². The highest BCUT2D eigenvalue weighted by molar-refractivity contribution is 6.23. The number of nitrogens with one attached hydrogen (secondary N) is 1. The molecule has 138 valence electrons. The summed E-state index contributed by atoms with van der Waals surface area (Å²) in [7, 11) is 0. The number of benzene rings is 1. The number of phenolic OH excluding ortho intramolecular Hbond substituents is 1. The number of hydrogen-bond donors (Lipinski definition) is 2. The number of aliphatic imine (C=N–C) groups is 1. The fourth-order valence-corrected chi connectivity index (χ4v) is 2.47. The van der Waals surface area contributed by atoms with Crippen LogP contribution in [0.3, 0.4) is 0 Å². The van der Waals surface area contributed by atoms with Crippen molar-refractivity contribution in [3.05, 3.63) is 29.8 Å². The summed E-state index contributed by atoms with van der Waals surface area (Å²) in [5.74, 6) is -4.46. The maximum atomic E-state index is 12.3. The first-order valence-corrected chi connectivity index (χ1v) is 7.90. The summed E-state index contributed by atoms with van der Waals surface area (Å²) in [6.07, 6.45) is 0.884. The monoisotopic (exact) mass is 360 g/mol. The summed E-state index contributed by atoms with van der Waals surface area (Å²) in [5, 5.41) is 22.6. The van der Waals surface area contributed by atoms with Crippen molar-refractivity contribution in [2.45, 2.75) is 32.4 Å². The third-order valence-electron chi connectivity index (χ3n) is 3.80. The van der Waals surface area contributed by atoms with Gasteiger partial charge < -0.3 is 15.0 Å². The van der Waals surface area contributed by atoms with Gasteiger partial charge in [0.1, 0.15) is 5.75 Å². The van der Waals surface area contributed by atoms with E-state index in [9.17, 15) is 29.4 Å². The van der Waals surface area contributed by atoms with Gasteiger partial charge in [0.2, 0.25) is 11.8 Å². The molecule has 0 unspecified atom stereocenters. The Morgan fingerprint density at radius 1 is 1.31 bits per heavy atom. The van der Waals surface area contributed by atoms with Crippen molar-refractivity contribution < 1.29 is 29.4 Å². The Bertz CT molecular complexity index is 756. The molecule has 0 radical (unpaired) electrons. The zero-order chi connectivity index (χ0) is 19.4. The van der Waals surface area contributed by atoms with Crippen molar-refractivity contribution in [3.8, 4) is 5.75 Å². The van der Waals surface area contributed by atoms with Crippen LogP contribution in [0.15, 0.2) is 29.3 Å². The van der Waals surface area contributed by atoms with Crippen LogP contribution >= 0.6 is 0 Å². The van der Waals surface area contributed by atoms with Gasteiger partial charge in [0.15, 0.2) is 5.92 Å². The predicted octanol–water partition coefficient (Wildman–Crippen LogP) is -0.773. The summed E-state index contributed by atoms with van der Waals surface area (Å²) < 4.78 is 0. The molecule has 0 spiro atoms. The first kappa shape index (κ1) is 19.1. The molecule has 2 N–H and O–H groups in total. The average molecular weight is 360 g/mol. The number of carbonyl (C=O) groups is 4. The van der Waals surface area contributed by atoms with Crippen LogP contribution in [-0.4, -0.2) is 52.1 Å². The molecule has 1 aliphatic heterocycles. The molecule has 1 aromatic carbocycles. The third-order valence-corrected chi connectivity index (χ3v) is 3.80. The van der Waals surface area contributed by atoms with E-state index in [2.05, 4.69) is 4.99 Å². The Balaban J connectivity index is 2.18. The van der Waals surface area contributed by atoms with Gasteiger partial charge in [0.05, 0.1) is 12.0 Å². The molecule has 1 heterocycles. The molecule has 26 heavy (non-hydrogen) atoms. The van der Waals surface area contributed by atoms with E-state index < -0.39 is 41.8 Å². The predicted molar refractivity (Wildman–Crippen MR) is 88.1 cm³/mol. The fraction of sp³-hybridized carbons (Fsp3) is 0.353. The summed E-state index contributed by atoms with van der Waals surface area (Å²) in [5.41, 5.74) is 0.576. The quantitative estimate of drug-likeness (QED) is 0.504. The van der Waals surface area contributed by atoms with E-state index in [0.717, 1.165) is 11.1 Å². The Morgan fingerprint density at radius 2 is 1.92 bits per heavy atom. The molecule has 1 aliphatic rings. The highest BCUT2D eigenvalue weighted by Crippen LogP contribution is 2.15. The molecule has 9 heteroatoms. The maximum absolute atomic E-state index is 12.3. The summed E-state index contributed by atoms with van der Waals surface area (Å²) in [6, 6.07) is 3.23. The van der Waals surface area contributed by atoms with E-state index in [-0.39, 0.29) is 12.2 Å². The molecule has 1 aromatic rings. The second-order valence-electron chi connectivity index (χ2n) is 6.08. The van der Waals surface area contributed by atoms with Crippen molar-refractivity contribution >= 4 is 30.0 Å². The lowest BCUT2D eigenvalue weighted by atomic mass is 10.0. The van der Waals surface area contributed by atoms with Crippen molar-refractivity contribution in [2.24, 2.45) is 10.9 Å². The van der Waals surface area contributed by atoms with Crippen LogP contribution in [0, 0.1) is 5.92 Å². The van der Waals surface area contributed by atoms with E-state index in [1.54, 1.807) is 13.8 Å². The molecule has 0 aromatic heterocycles. The molecule has 0 aliphatic carbocycles. The molecule has 9 nitrogen and oxygen atoms in total. The number of imide groups is 2. The van der Waals surface area contributed by atoms with E-state index in [0.29, 0.717) is 5.56 Å². The fourth-order valence-electron chi connectivity index (χ4n) is 2.47. The van der Waals surface area contributed by atoms with Crippen LogP contribution in [0.4, 0.5) is 4.79 Å². The van der Waals surface area contributed by atoms with E-state index >= 15 is 0 Å². The van der Waals surface area contributed by atoms with Gasteiger partial charge in [-0.25, -0.2) is 4.79 Å². The number of carboxylic acids is 1. The Labute approximate surface area is 149 Å². The molecule has 2 atom stereocenters. The van der Waals surface area contributed by atoms with Gasteiger partial charge in [-0.15, -0.1) is 0 Å². The molecule has 2 rings (SSSR count). The molecule has 0 bridgehead atoms. The first-order chi connectivity index (χ1) is 12.2. The van der Waals surface area contributed by atoms with Crippen molar-refractivity contribution in [1.29, 1.82) is 0 Å². The summed E-state index contributed by atoms with van der Waals surface area (Å²) in [4.78, 5) is 52.0. The Hall–Kier alpha value is -3.23. The number of aliphatic carboxylic acids is 1. The standard InChI is InChI=1S/C17H19N3O6/c1-9(2)20-15(23)12(14(22)19-17(20)26)8-18-13(16(24)25)7-10-3-5-11(21)6-4-10/h3-6,8-9,12-13,21H,7H2,1-2H3,(H,24,25)(H,19,22,26)/p-1/t12-,13+/m1/s1. The van der Waals surface area contributed by atoms with Crippen LogP contribution in [0.25, 0.3) is 0 Å². The highest BCUT2D eigenvalue weighted by atomic mass is 16.4. The minimum atomic E-state index is -1.48. The smallest absolute Gasteiger partial charge is 0.331 e. The lowest BCUT2D eigenvalue weighted by Gasteiger charge is -2.31. The number of amides is 4. The average Bonchev–Trinajstić information content (AvgIpc) is 2.54. The topological polar surface area (TPSA) is 139 Å². The van der Waals surface area contributed by atoms with Crippen LogP contribution < -0.4 is 10.4 Å². The van der Waals surface area contributed by atoms with Gasteiger partial charge in [-0.3, -0.25) is 24.8 Å². The summed E-state index contributed by atoms with van der Waals surface area (Å²) in [6.45, 7) is 3.21. The van der Waals surface area contributed by atoms with Gasteiger partial charge in [0.25, 0.3) is 0 Å². The minimum Gasteiger partial charge on any atom is -0.548 e. The zero-order valence-electron chi connectivity index (χ0n) is 14.2. The Kier molecular flexibility index (Phi) is 5.71. The van der Waals surface area contributed by atoms with Gasteiger partial charge in [-0.1, -0.05) is 12.1 Å². The molecule has 4 amide bonds. The van der Waals surface area contributed by atoms with Crippen molar-refractivity contribution in [1.82, 2.24) is 10.2 Å². The van der Waals surface area contributed by atoms with E-state index in [1.807, 2.05) is 5.32 Å². The number of carboxylic acid groups (broad SMARTS) is 1. The SMILES string of the molecule is CC(C)N1C(=O)NC(=O)[C@@H](C=N[C@@H](Cc2ccc(O)cc2)C(=O)[O-])C1=O. The van der Waals surface area contributed by atoms with Crippen LogP contribution in [-0.2, 0) is 20.8 Å². The molecular formula is C17H18N3O6-. The second-order valence-corrected chi connectivity index (χ2v) is 6.08.